The molecule has 128 valence electrons. The van der Waals surface area contributed by atoms with E-state index in [-0.39, 0.29) is 18.0 Å². The minimum atomic E-state index is -0.00871. The topological polar surface area (TPSA) is 69.2 Å². The predicted molar refractivity (Wildman–Crippen MR) is 89.1 cm³/mol. The van der Waals surface area contributed by atoms with Crippen LogP contribution in [0.15, 0.2) is 4.99 Å². The fourth-order valence-corrected chi connectivity index (χ4v) is 2.41. The van der Waals surface area contributed by atoms with E-state index in [9.17, 15) is 4.79 Å². The smallest absolute Gasteiger partial charge is 0.243 e. The van der Waals surface area contributed by atoms with Gasteiger partial charge in [-0.25, -0.2) is 4.99 Å². The van der Waals surface area contributed by atoms with Crippen molar-refractivity contribution in [1.29, 1.82) is 0 Å². The highest BCUT2D eigenvalue weighted by molar-refractivity contribution is 5.84. The van der Waals surface area contributed by atoms with E-state index in [0.717, 1.165) is 39.1 Å². The number of carbonyl (C=O) groups is 1. The van der Waals surface area contributed by atoms with Crippen molar-refractivity contribution in [3.63, 3.8) is 0 Å². The van der Waals surface area contributed by atoms with Crippen molar-refractivity contribution in [3.8, 4) is 0 Å². The number of hydrogen-bond donors (Lipinski definition) is 2. The summed E-state index contributed by atoms with van der Waals surface area (Å²) >= 11 is 0. The van der Waals surface area contributed by atoms with Gasteiger partial charge in [0.1, 0.15) is 6.54 Å². The van der Waals surface area contributed by atoms with E-state index in [1.54, 1.807) is 19.0 Å². The molecule has 0 saturated carbocycles. The molecule has 1 aliphatic rings. The van der Waals surface area contributed by atoms with E-state index in [4.69, 9.17) is 4.74 Å². The zero-order valence-electron chi connectivity index (χ0n) is 14.6. The van der Waals surface area contributed by atoms with Gasteiger partial charge in [0, 0.05) is 45.9 Å². The minimum absolute atomic E-state index is 0.00871. The monoisotopic (exact) mass is 313 g/mol. The lowest BCUT2D eigenvalue weighted by Crippen LogP contribution is -2.57. The van der Waals surface area contributed by atoms with Gasteiger partial charge in [0.05, 0.1) is 0 Å². The summed E-state index contributed by atoms with van der Waals surface area (Å²) in [5, 5.41) is 6.57. The number of nitrogens with zero attached hydrogens (tertiary/aromatic N) is 3. The molecule has 0 spiro atoms. The lowest BCUT2D eigenvalue weighted by atomic mass is 9.88. The molecule has 1 amide bonds. The number of guanidine groups is 1. The van der Waals surface area contributed by atoms with E-state index in [1.165, 1.54) is 0 Å². The first kappa shape index (κ1) is 18.7. The third kappa shape index (κ3) is 5.46. The highest BCUT2D eigenvalue weighted by Gasteiger charge is 2.34. The number of hydrogen-bond acceptors (Lipinski definition) is 4. The molecule has 0 aliphatic carbocycles. The van der Waals surface area contributed by atoms with Gasteiger partial charge >= 0.3 is 0 Å². The van der Waals surface area contributed by atoms with Crippen LogP contribution >= 0.6 is 0 Å². The Bertz CT molecular complexity index is 376. The largest absolute Gasteiger partial charge is 0.381 e. The average molecular weight is 313 g/mol. The number of rotatable bonds is 6. The summed E-state index contributed by atoms with van der Waals surface area (Å²) in [5.41, 5.74) is 0.0694. The number of carbonyl (C=O) groups excluding carboxylic acids is 1. The van der Waals surface area contributed by atoms with Crippen LogP contribution in [0, 0.1) is 0 Å². The number of nitrogens with one attached hydrogen (secondary N) is 2. The molecule has 0 atom stereocenters. The molecule has 0 bridgehead atoms. The first-order valence-electron chi connectivity index (χ1n) is 7.89. The predicted octanol–water partition coefficient (Wildman–Crippen LogP) is -0.259. The molecule has 1 heterocycles. The minimum Gasteiger partial charge on any atom is -0.381 e. The number of ether oxygens (including phenoxy) is 1. The van der Waals surface area contributed by atoms with Gasteiger partial charge in [-0.05, 0) is 33.9 Å². The SMILES string of the molecule is CCNC(=NCC(=O)N(C)C)NCC1(N(C)C)CCOCC1. The third-order valence-corrected chi connectivity index (χ3v) is 4.17. The average Bonchev–Trinajstić information content (AvgIpc) is 2.50. The molecule has 1 saturated heterocycles. The summed E-state index contributed by atoms with van der Waals surface area (Å²) in [6.45, 7) is 5.28. The molecule has 0 unspecified atom stereocenters. The Morgan fingerprint density at radius 3 is 2.32 bits per heavy atom. The van der Waals surface area contributed by atoms with E-state index >= 15 is 0 Å². The Morgan fingerprint density at radius 1 is 1.18 bits per heavy atom. The van der Waals surface area contributed by atoms with Crippen LogP contribution in [0.3, 0.4) is 0 Å². The Hall–Kier alpha value is -1.34. The molecular formula is C15H31N5O2. The van der Waals surface area contributed by atoms with Crippen molar-refractivity contribution in [2.24, 2.45) is 4.99 Å². The zero-order valence-corrected chi connectivity index (χ0v) is 14.6. The van der Waals surface area contributed by atoms with Gasteiger partial charge in [0.2, 0.25) is 5.91 Å². The van der Waals surface area contributed by atoms with Gasteiger partial charge in [-0.15, -0.1) is 0 Å². The molecule has 22 heavy (non-hydrogen) atoms. The number of amides is 1. The summed E-state index contributed by atoms with van der Waals surface area (Å²) in [4.78, 5) is 19.8. The van der Waals surface area contributed by atoms with Crippen LogP contribution in [0.1, 0.15) is 19.8 Å². The van der Waals surface area contributed by atoms with Crippen LogP contribution < -0.4 is 10.6 Å². The molecule has 7 nitrogen and oxygen atoms in total. The van der Waals surface area contributed by atoms with Gasteiger partial charge in [-0.1, -0.05) is 0 Å². The normalized spacial score (nSPS) is 18.2. The van der Waals surface area contributed by atoms with Crippen LogP contribution in [-0.4, -0.2) is 88.2 Å². The Labute approximate surface area is 134 Å². The maximum Gasteiger partial charge on any atom is 0.243 e. The maximum atomic E-state index is 11.7. The third-order valence-electron chi connectivity index (χ3n) is 4.17. The standard InChI is InChI=1S/C15H31N5O2/c1-6-16-14(17-11-13(21)19(2)3)18-12-15(20(4)5)7-9-22-10-8-15/h6-12H2,1-5H3,(H2,16,17,18). The van der Waals surface area contributed by atoms with Gasteiger partial charge in [-0.2, -0.15) is 0 Å². The summed E-state index contributed by atoms with van der Waals surface area (Å²) in [6.07, 6.45) is 1.98. The van der Waals surface area contributed by atoms with Crippen LogP contribution in [-0.2, 0) is 9.53 Å². The highest BCUT2D eigenvalue weighted by Crippen LogP contribution is 2.24. The molecule has 0 aromatic heterocycles. The van der Waals surface area contributed by atoms with Gasteiger partial charge in [-0.3, -0.25) is 4.79 Å². The summed E-state index contributed by atoms with van der Waals surface area (Å²) in [6, 6.07) is 0. The number of aliphatic imine (C=N–C) groups is 1. The van der Waals surface area contributed by atoms with Crippen LogP contribution in [0.4, 0.5) is 0 Å². The molecule has 7 heteroatoms. The highest BCUT2D eigenvalue weighted by atomic mass is 16.5. The van der Waals surface area contributed by atoms with Crippen LogP contribution in [0.25, 0.3) is 0 Å². The lowest BCUT2D eigenvalue weighted by molar-refractivity contribution is -0.127. The number of likely N-dealkylation sites (N-methyl/N-ethyl adjacent to an activating group) is 2. The lowest BCUT2D eigenvalue weighted by Gasteiger charge is -2.43. The van der Waals surface area contributed by atoms with E-state index in [0.29, 0.717) is 5.96 Å². The molecule has 0 aromatic rings. The molecular weight excluding hydrogens is 282 g/mol. The van der Waals surface area contributed by atoms with Crippen molar-refractivity contribution in [2.75, 3.05) is 61.0 Å². The summed E-state index contributed by atoms with van der Waals surface area (Å²) < 4.78 is 5.48. The first-order chi connectivity index (χ1) is 10.4. The first-order valence-corrected chi connectivity index (χ1v) is 7.89. The second-order valence-electron chi connectivity index (χ2n) is 6.07. The molecule has 2 N–H and O–H groups in total. The molecule has 0 radical (unpaired) electrons. The van der Waals surface area contributed by atoms with Crippen LogP contribution in [0.5, 0.6) is 0 Å². The van der Waals surface area contributed by atoms with E-state index < -0.39 is 0 Å². The molecule has 1 fully saturated rings. The molecule has 0 aromatic carbocycles. The van der Waals surface area contributed by atoms with Crippen LogP contribution in [0.2, 0.25) is 0 Å². The van der Waals surface area contributed by atoms with Gasteiger partial charge in [0.15, 0.2) is 5.96 Å². The summed E-state index contributed by atoms with van der Waals surface area (Å²) in [7, 11) is 7.68. The van der Waals surface area contributed by atoms with Gasteiger partial charge < -0.3 is 25.2 Å². The van der Waals surface area contributed by atoms with Crippen molar-refractivity contribution >= 4 is 11.9 Å². The fourth-order valence-electron chi connectivity index (χ4n) is 2.41. The van der Waals surface area contributed by atoms with E-state index in [2.05, 4.69) is 34.6 Å². The van der Waals surface area contributed by atoms with Crippen molar-refractivity contribution in [2.45, 2.75) is 25.3 Å². The van der Waals surface area contributed by atoms with Crippen molar-refractivity contribution in [3.05, 3.63) is 0 Å². The van der Waals surface area contributed by atoms with Crippen molar-refractivity contribution in [1.82, 2.24) is 20.4 Å². The second kappa shape index (κ2) is 8.95. The Kier molecular flexibility index (Phi) is 7.61. The fraction of sp³-hybridized carbons (Fsp3) is 0.867. The molecule has 1 rings (SSSR count). The quantitative estimate of drug-likeness (QED) is 0.522. The van der Waals surface area contributed by atoms with Crippen molar-refractivity contribution < 1.29 is 9.53 Å². The zero-order chi connectivity index (χ0) is 16.6. The van der Waals surface area contributed by atoms with Gasteiger partial charge in [0.25, 0.3) is 0 Å². The Morgan fingerprint density at radius 2 is 1.82 bits per heavy atom. The molecule has 1 aliphatic heterocycles. The summed E-state index contributed by atoms with van der Waals surface area (Å²) in [5.74, 6) is 0.677. The van der Waals surface area contributed by atoms with E-state index in [1.807, 2.05) is 6.92 Å². The second-order valence-corrected chi connectivity index (χ2v) is 6.07. The Balaban J connectivity index is 2.65. The maximum absolute atomic E-state index is 11.7.